The van der Waals surface area contributed by atoms with Crippen molar-refractivity contribution < 1.29 is 9.53 Å². The van der Waals surface area contributed by atoms with Crippen molar-refractivity contribution in [2.24, 2.45) is 0 Å². The van der Waals surface area contributed by atoms with Crippen LogP contribution >= 0.6 is 22.9 Å². The Balaban J connectivity index is 1.66. The Morgan fingerprint density at radius 2 is 1.97 bits per heavy atom. The van der Waals surface area contributed by atoms with Crippen LogP contribution in [-0.4, -0.2) is 40.7 Å². The summed E-state index contributed by atoms with van der Waals surface area (Å²) in [6.45, 7) is 3.27. The average Bonchev–Trinajstić information content (AvgIpc) is 3.19. The van der Waals surface area contributed by atoms with Gasteiger partial charge in [0.25, 0.3) is 11.5 Å². The Kier molecular flexibility index (Phi) is 7.56. The van der Waals surface area contributed by atoms with E-state index < -0.39 is 11.5 Å². The molecule has 4 rings (SSSR count). The molecule has 1 amide bonds. The predicted octanol–water partition coefficient (Wildman–Crippen LogP) is 4.37. The molecule has 2 N–H and O–H groups in total. The maximum Gasteiger partial charge on any atom is 0.287 e. The van der Waals surface area contributed by atoms with Gasteiger partial charge < -0.3 is 19.9 Å². The number of benzene rings is 2. The topological polar surface area (TPSA) is 98.1 Å². The number of halogens is 1. The fourth-order valence-corrected chi connectivity index (χ4v) is 4.41. The van der Waals surface area contributed by atoms with E-state index in [4.69, 9.17) is 16.3 Å². The molecule has 34 heavy (non-hydrogen) atoms. The molecule has 0 unspecified atom stereocenters. The van der Waals surface area contributed by atoms with Gasteiger partial charge in [-0.15, -0.1) is 11.3 Å². The third-order valence-electron chi connectivity index (χ3n) is 5.07. The van der Waals surface area contributed by atoms with Crippen LogP contribution in [0.2, 0.25) is 5.02 Å². The number of fused-ring (bicyclic) bond motifs is 1. The molecule has 0 saturated heterocycles. The van der Waals surface area contributed by atoms with Gasteiger partial charge in [-0.1, -0.05) is 23.7 Å². The largest absolute Gasteiger partial charge is 0.385 e. The molecule has 10 heteroatoms. The first kappa shape index (κ1) is 23.9. The molecule has 2 aromatic carbocycles. The van der Waals surface area contributed by atoms with Gasteiger partial charge in [0.2, 0.25) is 5.95 Å². The number of ether oxygens (including phenoxy) is 1. The molecule has 0 atom stereocenters. The van der Waals surface area contributed by atoms with E-state index >= 15 is 0 Å². The zero-order valence-corrected chi connectivity index (χ0v) is 20.4. The number of aryl methyl sites for hydroxylation is 1. The molecule has 0 bridgehead atoms. The summed E-state index contributed by atoms with van der Waals surface area (Å²) in [5, 5.41) is 7.58. The number of amides is 1. The van der Waals surface area contributed by atoms with E-state index in [9.17, 15) is 9.59 Å². The lowest BCUT2D eigenvalue weighted by Crippen LogP contribution is -2.32. The zero-order valence-electron chi connectivity index (χ0n) is 18.8. The third kappa shape index (κ3) is 5.80. The third-order valence-corrected chi connectivity index (χ3v) is 6.25. The summed E-state index contributed by atoms with van der Waals surface area (Å²) in [6.07, 6.45) is 2.18. The molecule has 0 saturated carbocycles. The Hall–Kier alpha value is -3.27. The van der Waals surface area contributed by atoms with Crippen molar-refractivity contribution in [2.45, 2.75) is 19.9 Å². The highest BCUT2D eigenvalue weighted by Gasteiger charge is 2.16. The van der Waals surface area contributed by atoms with Gasteiger partial charge in [0, 0.05) is 37.2 Å². The van der Waals surface area contributed by atoms with Gasteiger partial charge in [-0.2, -0.15) is 4.98 Å². The van der Waals surface area contributed by atoms with Crippen LogP contribution in [0, 0.1) is 6.92 Å². The van der Waals surface area contributed by atoms with Crippen LogP contribution in [0.15, 0.2) is 53.5 Å². The number of carbonyl (C=O) groups is 1. The quantitative estimate of drug-likeness (QED) is 0.333. The predicted molar refractivity (Wildman–Crippen MR) is 136 cm³/mol. The fourth-order valence-electron chi connectivity index (χ4n) is 3.42. The van der Waals surface area contributed by atoms with Gasteiger partial charge in [0.05, 0.1) is 21.8 Å². The molecule has 0 spiro atoms. The van der Waals surface area contributed by atoms with Crippen molar-refractivity contribution >= 4 is 50.7 Å². The number of thiazole rings is 1. The van der Waals surface area contributed by atoms with Crippen LogP contribution < -0.4 is 16.2 Å². The maximum atomic E-state index is 12.8. The second-order valence-corrected chi connectivity index (χ2v) is 9.35. The zero-order chi connectivity index (χ0) is 24.1. The first-order chi connectivity index (χ1) is 16.4. The van der Waals surface area contributed by atoms with E-state index in [1.54, 1.807) is 35.1 Å². The number of rotatable bonds is 9. The van der Waals surface area contributed by atoms with E-state index in [1.807, 2.05) is 37.3 Å². The second-order valence-electron chi connectivity index (χ2n) is 7.68. The second kappa shape index (κ2) is 10.8. The molecule has 2 heterocycles. The number of methoxy groups -OCH3 is 1. The molecule has 0 radical (unpaired) electrons. The van der Waals surface area contributed by atoms with Gasteiger partial charge >= 0.3 is 0 Å². The molecule has 0 aliphatic heterocycles. The molecule has 0 fully saturated rings. The van der Waals surface area contributed by atoms with Gasteiger partial charge in [-0.05, 0) is 49.2 Å². The normalized spacial score (nSPS) is 11.0. The van der Waals surface area contributed by atoms with Crippen LogP contribution in [-0.2, 0) is 11.3 Å². The molecular weight excluding hydrogens is 474 g/mol. The molecule has 4 aromatic rings. The first-order valence-corrected chi connectivity index (χ1v) is 11.9. The van der Waals surface area contributed by atoms with E-state index in [0.717, 1.165) is 26.5 Å². The van der Waals surface area contributed by atoms with E-state index in [1.165, 1.54) is 6.20 Å². The van der Waals surface area contributed by atoms with Crippen LogP contribution in [0.1, 0.15) is 27.3 Å². The number of anilines is 2. The van der Waals surface area contributed by atoms with Crippen LogP contribution in [0.4, 0.5) is 11.6 Å². The van der Waals surface area contributed by atoms with Crippen molar-refractivity contribution in [1.82, 2.24) is 19.9 Å². The molecule has 0 aliphatic rings. The number of hydrogen-bond donors (Lipinski definition) is 2. The van der Waals surface area contributed by atoms with E-state index in [2.05, 4.69) is 20.6 Å². The van der Waals surface area contributed by atoms with E-state index in [-0.39, 0.29) is 5.56 Å². The molecule has 0 aliphatic carbocycles. The Bertz CT molecular complexity index is 1370. The summed E-state index contributed by atoms with van der Waals surface area (Å²) in [4.78, 5) is 34.1. The lowest BCUT2D eigenvalue weighted by atomic mass is 10.2. The van der Waals surface area contributed by atoms with Crippen molar-refractivity contribution in [3.05, 3.63) is 80.2 Å². The van der Waals surface area contributed by atoms with Gasteiger partial charge in [-0.25, -0.2) is 4.98 Å². The van der Waals surface area contributed by atoms with Crippen molar-refractivity contribution in [2.75, 3.05) is 25.6 Å². The first-order valence-electron chi connectivity index (χ1n) is 10.7. The summed E-state index contributed by atoms with van der Waals surface area (Å²) >= 11 is 7.61. The lowest BCUT2D eigenvalue weighted by Gasteiger charge is -2.16. The number of nitrogens with zero attached hydrogens (tertiary/aromatic N) is 3. The van der Waals surface area contributed by atoms with Gasteiger partial charge in [-0.3, -0.25) is 9.59 Å². The highest BCUT2D eigenvalue weighted by atomic mass is 35.5. The molecule has 176 valence electrons. The highest BCUT2D eigenvalue weighted by Crippen LogP contribution is 2.26. The van der Waals surface area contributed by atoms with Crippen molar-refractivity contribution in [3.63, 3.8) is 0 Å². The summed E-state index contributed by atoms with van der Waals surface area (Å²) < 4.78 is 7.77. The average molecular weight is 498 g/mol. The molecular formula is C24H24ClN5O3S. The van der Waals surface area contributed by atoms with Crippen LogP contribution in [0.3, 0.4) is 0 Å². The van der Waals surface area contributed by atoms with Crippen molar-refractivity contribution in [3.8, 4) is 0 Å². The van der Waals surface area contributed by atoms with Gasteiger partial charge in [0.1, 0.15) is 5.56 Å². The Labute approximate surface area is 205 Å². The van der Waals surface area contributed by atoms with E-state index in [0.29, 0.717) is 37.1 Å². The molecule has 8 nitrogen and oxygen atoms in total. The number of carbonyl (C=O) groups excluding carboxylic acids is 1. The monoisotopic (exact) mass is 497 g/mol. The minimum absolute atomic E-state index is 0.0227. The fraction of sp³-hybridized carbons (Fsp3) is 0.250. The summed E-state index contributed by atoms with van der Waals surface area (Å²) in [5.74, 6) is -0.136. The number of nitrogens with one attached hydrogen (secondary N) is 2. The Morgan fingerprint density at radius 1 is 1.18 bits per heavy atom. The van der Waals surface area contributed by atoms with Gasteiger partial charge in [0.15, 0.2) is 0 Å². The van der Waals surface area contributed by atoms with Crippen LogP contribution in [0.25, 0.3) is 10.2 Å². The smallest absolute Gasteiger partial charge is 0.287 e. The van der Waals surface area contributed by atoms with Crippen LogP contribution in [0.5, 0.6) is 0 Å². The maximum absolute atomic E-state index is 12.8. The minimum atomic E-state index is -0.603. The Morgan fingerprint density at radius 3 is 2.74 bits per heavy atom. The SMILES string of the molecule is COCCCNC(=O)c1cn(Cc2ccc(Cl)cc2)c(Nc2ccc3nc(C)sc3c2)nc1=O. The number of aromatic nitrogens is 3. The minimum Gasteiger partial charge on any atom is -0.385 e. The number of hydrogen-bond acceptors (Lipinski definition) is 7. The lowest BCUT2D eigenvalue weighted by molar-refractivity contribution is 0.0946. The summed E-state index contributed by atoms with van der Waals surface area (Å²) in [5.41, 5.74) is 2.00. The standard InChI is InChI=1S/C24H24ClN5O3S/c1-15-27-20-9-8-18(12-21(20)34-15)28-24-29-23(32)19(22(31)26-10-3-11-33-2)14-30(24)13-16-4-6-17(25)7-5-16/h4-9,12,14H,3,10-11,13H2,1-2H3,(H,26,31)(H,28,29,32). The highest BCUT2D eigenvalue weighted by molar-refractivity contribution is 7.18. The molecule has 2 aromatic heterocycles. The summed E-state index contributed by atoms with van der Waals surface area (Å²) in [6, 6.07) is 13.1. The van der Waals surface area contributed by atoms with Crippen molar-refractivity contribution in [1.29, 1.82) is 0 Å². The summed E-state index contributed by atoms with van der Waals surface area (Å²) in [7, 11) is 1.60.